The Morgan fingerprint density at radius 1 is 1.03 bits per heavy atom. The second-order valence-corrected chi connectivity index (χ2v) is 10.0. The van der Waals surface area contributed by atoms with E-state index in [-0.39, 0.29) is 24.9 Å². The molecule has 0 spiro atoms. The zero-order valence-electron chi connectivity index (χ0n) is 21.6. The van der Waals surface area contributed by atoms with Gasteiger partial charge in [0.25, 0.3) is 0 Å². The average Bonchev–Trinajstić information content (AvgIpc) is 2.82. The number of halogens is 1. The third kappa shape index (κ3) is 7.82. The molecule has 1 heterocycles. The third-order valence-electron chi connectivity index (χ3n) is 5.48. The standard InChI is InChI=1S/C29H34ClN3O3/c1-6-21-10-8-12-23(14-21)24-15-25(26(16-30)31-17-24)32-27(34)19-33(28(35)36-29(3,4)5)18-22-11-7-9-20(2)13-22/h7-15,17H,6,16,18-19H2,1-5H3,(H,32,34). The molecule has 2 aromatic carbocycles. The molecule has 7 heteroatoms. The molecular formula is C29H34ClN3O3. The van der Waals surface area contributed by atoms with Crippen LogP contribution in [0.5, 0.6) is 0 Å². The minimum absolute atomic E-state index is 0.143. The Kier molecular flexibility index (Phi) is 9.10. The van der Waals surface area contributed by atoms with E-state index in [0.717, 1.165) is 28.7 Å². The maximum atomic E-state index is 13.1. The zero-order chi connectivity index (χ0) is 26.3. The number of amides is 2. The fourth-order valence-electron chi connectivity index (χ4n) is 3.74. The van der Waals surface area contributed by atoms with Gasteiger partial charge in [-0.2, -0.15) is 0 Å². The van der Waals surface area contributed by atoms with Gasteiger partial charge in [-0.05, 0) is 56.9 Å². The van der Waals surface area contributed by atoms with E-state index >= 15 is 0 Å². The molecule has 1 aromatic heterocycles. The van der Waals surface area contributed by atoms with Crippen molar-refractivity contribution in [2.24, 2.45) is 0 Å². The molecule has 3 aromatic rings. The molecule has 2 amide bonds. The summed E-state index contributed by atoms with van der Waals surface area (Å²) in [6.07, 6.45) is 2.12. The summed E-state index contributed by atoms with van der Waals surface area (Å²) in [4.78, 5) is 32.0. The first-order valence-corrected chi connectivity index (χ1v) is 12.6. The number of alkyl halides is 1. The van der Waals surface area contributed by atoms with E-state index in [1.165, 1.54) is 10.5 Å². The number of nitrogens with zero attached hydrogens (tertiary/aromatic N) is 2. The lowest BCUT2D eigenvalue weighted by atomic mass is 10.0. The monoisotopic (exact) mass is 507 g/mol. The number of hydrogen-bond acceptors (Lipinski definition) is 4. The normalized spacial score (nSPS) is 11.2. The van der Waals surface area contributed by atoms with Gasteiger partial charge in [0, 0.05) is 18.3 Å². The number of aromatic nitrogens is 1. The first-order valence-electron chi connectivity index (χ1n) is 12.1. The van der Waals surface area contributed by atoms with E-state index in [1.54, 1.807) is 27.0 Å². The molecule has 3 rings (SSSR count). The lowest BCUT2D eigenvalue weighted by molar-refractivity contribution is -0.117. The van der Waals surface area contributed by atoms with Gasteiger partial charge in [0.15, 0.2) is 0 Å². The molecule has 0 bridgehead atoms. The first kappa shape index (κ1) is 27.2. The molecule has 0 saturated carbocycles. The SMILES string of the molecule is CCc1cccc(-c2cnc(CCl)c(NC(=O)CN(Cc3cccc(C)c3)C(=O)OC(C)(C)C)c2)c1. The third-order valence-corrected chi connectivity index (χ3v) is 5.73. The fraction of sp³-hybridized carbons (Fsp3) is 0.345. The van der Waals surface area contributed by atoms with Crippen molar-refractivity contribution in [2.75, 3.05) is 11.9 Å². The molecule has 0 fully saturated rings. The minimum atomic E-state index is -0.685. The summed E-state index contributed by atoms with van der Waals surface area (Å²) in [6.45, 7) is 9.55. The number of carbonyl (C=O) groups is 2. The van der Waals surface area contributed by atoms with Gasteiger partial charge >= 0.3 is 6.09 Å². The molecule has 0 atom stereocenters. The number of pyridine rings is 1. The number of aryl methyl sites for hydroxylation is 2. The summed E-state index contributed by atoms with van der Waals surface area (Å²) in [5.74, 6) is -0.217. The lowest BCUT2D eigenvalue weighted by Crippen LogP contribution is -2.41. The Morgan fingerprint density at radius 2 is 1.75 bits per heavy atom. The van der Waals surface area contributed by atoms with Gasteiger partial charge in [0.2, 0.25) is 5.91 Å². The summed E-state index contributed by atoms with van der Waals surface area (Å²) in [5.41, 5.74) is 5.47. The maximum absolute atomic E-state index is 13.1. The van der Waals surface area contributed by atoms with Crippen molar-refractivity contribution in [2.45, 2.75) is 59.1 Å². The lowest BCUT2D eigenvalue weighted by Gasteiger charge is -2.27. The predicted octanol–water partition coefficient (Wildman–Crippen LogP) is 6.73. The highest BCUT2D eigenvalue weighted by Crippen LogP contribution is 2.26. The summed E-state index contributed by atoms with van der Waals surface area (Å²) in [6, 6.07) is 17.9. The van der Waals surface area contributed by atoms with Crippen molar-refractivity contribution >= 4 is 29.3 Å². The Bertz CT molecular complexity index is 1220. The molecule has 36 heavy (non-hydrogen) atoms. The molecule has 190 valence electrons. The van der Waals surface area contributed by atoms with Crippen molar-refractivity contribution in [1.82, 2.24) is 9.88 Å². The molecule has 0 aliphatic carbocycles. The average molecular weight is 508 g/mol. The van der Waals surface area contributed by atoms with Crippen LogP contribution in [0.15, 0.2) is 60.8 Å². The van der Waals surface area contributed by atoms with Gasteiger partial charge in [0.1, 0.15) is 12.1 Å². The number of anilines is 1. The second kappa shape index (κ2) is 12.0. The second-order valence-electron chi connectivity index (χ2n) is 9.78. The van der Waals surface area contributed by atoms with E-state index in [2.05, 4.69) is 29.4 Å². The van der Waals surface area contributed by atoms with E-state index in [9.17, 15) is 9.59 Å². The quantitative estimate of drug-likeness (QED) is 0.343. The van der Waals surface area contributed by atoms with Crippen molar-refractivity contribution in [1.29, 1.82) is 0 Å². The highest BCUT2D eigenvalue weighted by atomic mass is 35.5. The van der Waals surface area contributed by atoms with Gasteiger partial charge in [0.05, 0.1) is 17.3 Å². The summed E-state index contributed by atoms with van der Waals surface area (Å²) < 4.78 is 5.57. The molecule has 0 aliphatic rings. The Balaban J connectivity index is 1.83. The van der Waals surface area contributed by atoms with Crippen LogP contribution in [0.1, 0.15) is 50.1 Å². The van der Waals surface area contributed by atoms with E-state index in [4.69, 9.17) is 16.3 Å². The van der Waals surface area contributed by atoms with Gasteiger partial charge < -0.3 is 10.1 Å². The van der Waals surface area contributed by atoms with Crippen LogP contribution in [-0.4, -0.2) is 34.0 Å². The van der Waals surface area contributed by atoms with Crippen LogP contribution in [0.4, 0.5) is 10.5 Å². The summed E-state index contributed by atoms with van der Waals surface area (Å²) >= 11 is 6.11. The van der Waals surface area contributed by atoms with E-state index in [0.29, 0.717) is 11.4 Å². The number of nitrogens with one attached hydrogen (secondary N) is 1. The van der Waals surface area contributed by atoms with E-state index in [1.807, 2.05) is 49.4 Å². The van der Waals surface area contributed by atoms with Crippen molar-refractivity contribution in [3.8, 4) is 11.1 Å². The van der Waals surface area contributed by atoms with Crippen LogP contribution in [0, 0.1) is 6.92 Å². The van der Waals surface area contributed by atoms with E-state index < -0.39 is 11.7 Å². The Morgan fingerprint density at radius 3 is 2.42 bits per heavy atom. The van der Waals surface area contributed by atoms with Gasteiger partial charge in [-0.25, -0.2) is 4.79 Å². The van der Waals surface area contributed by atoms with Crippen LogP contribution in [0.2, 0.25) is 0 Å². The maximum Gasteiger partial charge on any atom is 0.411 e. The number of benzene rings is 2. The summed E-state index contributed by atoms with van der Waals surface area (Å²) in [5, 5.41) is 2.91. The van der Waals surface area contributed by atoms with Gasteiger partial charge in [-0.1, -0.05) is 61.0 Å². The largest absolute Gasteiger partial charge is 0.444 e. The molecule has 0 aliphatic heterocycles. The number of hydrogen-bond donors (Lipinski definition) is 1. The van der Waals surface area contributed by atoms with Crippen LogP contribution in [-0.2, 0) is 28.4 Å². The molecule has 0 radical (unpaired) electrons. The smallest absolute Gasteiger partial charge is 0.411 e. The van der Waals surface area contributed by atoms with Crippen molar-refractivity contribution in [3.63, 3.8) is 0 Å². The summed E-state index contributed by atoms with van der Waals surface area (Å²) in [7, 11) is 0. The van der Waals surface area contributed by atoms with Crippen LogP contribution in [0.25, 0.3) is 11.1 Å². The molecule has 6 nitrogen and oxygen atoms in total. The number of ether oxygens (including phenoxy) is 1. The topological polar surface area (TPSA) is 71.5 Å². The highest BCUT2D eigenvalue weighted by molar-refractivity contribution is 6.17. The Hall–Kier alpha value is -3.38. The molecule has 0 unspecified atom stereocenters. The highest BCUT2D eigenvalue weighted by Gasteiger charge is 2.25. The number of carbonyl (C=O) groups excluding carboxylic acids is 2. The zero-order valence-corrected chi connectivity index (χ0v) is 22.4. The van der Waals surface area contributed by atoms with Crippen LogP contribution < -0.4 is 5.32 Å². The minimum Gasteiger partial charge on any atom is -0.444 e. The first-order chi connectivity index (χ1) is 17.1. The molecule has 1 N–H and O–H groups in total. The fourth-order valence-corrected chi connectivity index (χ4v) is 3.95. The van der Waals surface area contributed by atoms with Crippen molar-refractivity contribution in [3.05, 3.63) is 83.2 Å². The van der Waals surface area contributed by atoms with Gasteiger partial charge in [-0.15, -0.1) is 11.6 Å². The van der Waals surface area contributed by atoms with Crippen molar-refractivity contribution < 1.29 is 14.3 Å². The molecule has 0 saturated heterocycles. The Labute approximate surface area is 218 Å². The van der Waals surface area contributed by atoms with Crippen LogP contribution >= 0.6 is 11.6 Å². The van der Waals surface area contributed by atoms with Gasteiger partial charge in [-0.3, -0.25) is 14.7 Å². The molecular weight excluding hydrogens is 474 g/mol. The predicted molar refractivity (Wildman–Crippen MR) is 145 cm³/mol. The van der Waals surface area contributed by atoms with Crippen LogP contribution in [0.3, 0.4) is 0 Å². The number of rotatable bonds is 8.